The Kier molecular flexibility index (Phi) is 3.81. The average molecular weight is 350 g/mol. The highest BCUT2D eigenvalue weighted by atomic mass is 32.2. The lowest BCUT2D eigenvalue weighted by Gasteiger charge is -2.28. The van der Waals surface area contributed by atoms with Gasteiger partial charge in [0.2, 0.25) is 5.91 Å². The summed E-state index contributed by atoms with van der Waals surface area (Å²) in [5.74, 6) is -2.40. The summed E-state index contributed by atoms with van der Waals surface area (Å²) in [4.78, 5) is 30.0. The van der Waals surface area contributed by atoms with Crippen molar-refractivity contribution in [2.24, 2.45) is 5.92 Å². The number of benzene rings is 1. The fourth-order valence-electron chi connectivity index (χ4n) is 2.61. The third-order valence-corrected chi connectivity index (χ3v) is 6.88. The number of ketones is 1. The molecule has 0 spiro atoms. The molecule has 6 nitrogen and oxygen atoms in total. The first-order chi connectivity index (χ1) is 10.8. The van der Waals surface area contributed by atoms with Crippen LogP contribution in [-0.4, -0.2) is 30.3 Å². The van der Waals surface area contributed by atoms with Crippen molar-refractivity contribution in [1.29, 1.82) is 0 Å². The lowest BCUT2D eigenvalue weighted by atomic mass is 9.93. The van der Waals surface area contributed by atoms with Crippen molar-refractivity contribution in [3.05, 3.63) is 40.9 Å². The molecule has 1 aromatic heterocycles. The van der Waals surface area contributed by atoms with E-state index >= 15 is 0 Å². The minimum Gasteiger partial charge on any atom is -0.301 e. The van der Waals surface area contributed by atoms with Crippen molar-refractivity contribution < 1.29 is 18.0 Å². The third kappa shape index (κ3) is 2.57. The van der Waals surface area contributed by atoms with Crippen LogP contribution in [0.3, 0.4) is 0 Å². The highest BCUT2D eigenvalue weighted by molar-refractivity contribution is 7.92. The summed E-state index contributed by atoms with van der Waals surface area (Å²) < 4.78 is 25.2. The number of carbonyl (C=O) groups is 2. The molecule has 8 heteroatoms. The molecule has 2 atom stereocenters. The maximum atomic E-state index is 12.6. The second-order valence-electron chi connectivity index (χ2n) is 5.35. The number of fused-ring (bicyclic) bond motifs is 1. The largest absolute Gasteiger partial charge is 0.301 e. The van der Waals surface area contributed by atoms with Crippen molar-refractivity contribution in [3.8, 4) is 0 Å². The number of aryl methyl sites for hydroxylation is 1. The minimum atomic E-state index is -3.73. The molecule has 0 aliphatic carbocycles. The fourth-order valence-corrected chi connectivity index (χ4v) is 5.02. The lowest BCUT2D eigenvalue weighted by Crippen LogP contribution is -2.45. The highest BCUT2D eigenvalue weighted by Gasteiger charge is 2.46. The molecule has 2 unspecified atom stereocenters. The molecule has 1 amide bonds. The van der Waals surface area contributed by atoms with Crippen LogP contribution in [0.25, 0.3) is 0 Å². The van der Waals surface area contributed by atoms with E-state index in [1.54, 1.807) is 18.3 Å². The van der Waals surface area contributed by atoms with Crippen molar-refractivity contribution in [2.45, 2.75) is 24.0 Å². The second kappa shape index (κ2) is 5.54. The van der Waals surface area contributed by atoms with Crippen molar-refractivity contribution >= 4 is 38.0 Å². The summed E-state index contributed by atoms with van der Waals surface area (Å²) in [6, 6.07) is 5.99. The van der Waals surface area contributed by atoms with Crippen LogP contribution in [0.4, 0.5) is 5.13 Å². The van der Waals surface area contributed by atoms with Crippen LogP contribution >= 0.6 is 11.3 Å². The van der Waals surface area contributed by atoms with Crippen molar-refractivity contribution in [3.63, 3.8) is 0 Å². The number of anilines is 1. The number of hydrogen-bond acceptors (Lipinski definition) is 6. The number of amides is 1. The number of sulfone groups is 1. The normalized spacial score (nSPS) is 22.4. The molecule has 2 aromatic rings. The molecule has 0 bridgehead atoms. The van der Waals surface area contributed by atoms with Gasteiger partial charge in [-0.3, -0.25) is 9.59 Å². The molecule has 1 aromatic carbocycles. The molecule has 2 heterocycles. The van der Waals surface area contributed by atoms with Gasteiger partial charge in [0.15, 0.2) is 20.8 Å². The molecule has 1 aliphatic heterocycles. The molecule has 0 saturated heterocycles. The quantitative estimate of drug-likeness (QED) is 0.837. The number of aromatic nitrogens is 1. The zero-order chi connectivity index (χ0) is 16.8. The van der Waals surface area contributed by atoms with Gasteiger partial charge >= 0.3 is 0 Å². The number of carbonyl (C=O) groups excluding carboxylic acids is 2. The zero-order valence-electron chi connectivity index (χ0n) is 12.4. The Morgan fingerprint density at radius 2 is 2.00 bits per heavy atom. The number of nitrogens with zero attached hydrogens (tertiary/aromatic N) is 1. The van der Waals surface area contributed by atoms with Gasteiger partial charge in [-0.1, -0.05) is 18.2 Å². The molecule has 120 valence electrons. The van der Waals surface area contributed by atoms with Gasteiger partial charge in [-0.25, -0.2) is 13.4 Å². The molecule has 0 radical (unpaired) electrons. The Morgan fingerprint density at radius 3 is 2.65 bits per heavy atom. The first-order valence-corrected chi connectivity index (χ1v) is 9.29. The average Bonchev–Trinajstić information content (AvgIpc) is 2.91. The Hall–Kier alpha value is -2.06. The molecular weight excluding hydrogens is 336 g/mol. The van der Waals surface area contributed by atoms with E-state index in [2.05, 4.69) is 10.3 Å². The van der Waals surface area contributed by atoms with Gasteiger partial charge in [-0.05, 0) is 19.9 Å². The van der Waals surface area contributed by atoms with Gasteiger partial charge < -0.3 is 5.32 Å². The number of thiazole rings is 1. The maximum Gasteiger partial charge on any atom is 0.238 e. The van der Waals surface area contributed by atoms with Gasteiger partial charge in [0.05, 0.1) is 10.1 Å². The third-order valence-electron chi connectivity index (χ3n) is 3.83. The Balaban J connectivity index is 2.00. The van der Waals surface area contributed by atoms with Crippen LogP contribution < -0.4 is 5.32 Å². The van der Waals surface area contributed by atoms with E-state index in [-0.39, 0.29) is 10.5 Å². The van der Waals surface area contributed by atoms with Crippen LogP contribution in [0.5, 0.6) is 0 Å². The van der Waals surface area contributed by atoms with Crippen LogP contribution in [-0.2, 0) is 14.6 Å². The Bertz CT molecular complexity index is 902. The molecule has 0 saturated carbocycles. The SMILES string of the molecule is Cc1cnc(NC(=O)C2C(=O)c3ccccc3S(=O)(=O)C2C)s1. The summed E-state index contributed by atoms with van der Waals surface area (Å²) in [5, 5.41) is 1.78. The van der Waals surface area contributed by atoms with Gasteiger partial charge in [-0.2, -0.15) is 0 Å². The molecule has 0 fully saturated rings. The zero-order valence-corrected chi connectivity index (χ0v) is 14.1. The highest BCUT2D eigenvalue weighted by Crippen LogP contribution is 2.34. The summed E-state index contributed by atoms with van der Waals surface area (Å²) in [6.07, 6.45) is 1.60. The number of hydrogen-bond donors (Lipinski definition) is 1. The molecule has 1 N–H and O–H groups in total. The van der Waals surface area contributed by atoms with Crippen molar-refractivity contribution in [2.75, 3.05) is 5.32 Å². The van der Waals surface area contributed by atoms with E-state index in [0.717, 1.165) is 4.88 Å². The van der Waals surface area contributed by atoms with Gasteiger partial charge in [0, 0.05) is 16.6 Å². The number of rotatable bonds is 2. The van der Waals surface area contributed by atoms with E-state index < -0.39 is 32.7 Å². The predicted molar refractivity (Wildman–Crippen MR) is 86.4 cm³/mol. The van der Waals surface area contributed by atoms with Gasteiger partial charge in [0.25, 0.3) is 0 Å². The van der Waals surface area contributed by atoms with E-state index in [9.17, 15) is 18.0 Å². The van der Waals surface area contributed by atoms with Crippen LogP contribution in [0.15, 0.2) is 35.4 Å². The number of Topliss-reactive ketones (excluding diaryl/α,β-unsaturated/α-hetero) is 1. The van der Waals surface area contributed by atoms with Gasteiger partial charge in [-0.15, -0.1) is 11.3 Å². The standard InChI is InChI=1S/C15H14N2O4S2/c1-8-7-16-15(22-8)17-14(19)12-9(2)23(20,21)11-6-4-3-5-10(11)13(12)18/h3-7,9,12H,1-2H3,(H,16,17,19). The van der Waals surface area contributed by atoms with Crippen molar-refractivity contribution in [1.82, 2.24) is 4.98 Å². The monoisotopic (exact) mass is 350 g/mol. The minimum absolute atomic E-state index is 0.00774. The molecule has 23 heavy (non-hydrogen) atoms. The Morgan fingerprint density at radius 1 is 1.30 bits per heavy atom. The lowest BCUT2D eigenvalue weighted by molar-refractivity contribution is -0.118. The van der Waals surface area contributed by atoms with Gasteiger partial charge in [0.1, 0.15) is 5.92 Å². The van der Waals surface area contributed by atoms with Crippen LogP contribution in [0.1, 0.15) is 22.2 Å². The molecule has 1 aliphatic rings. The summed E-state index contributed by atoms with van der Waals surface area (Å²) in [5.41, 5.74) is 0.0704. The molecular formula is C15H14N2O4S2. The topological polar surface area (TPSA) is 93.2 Å². The Labute approximate surface area is 137 Å². The summed E-state index contributed by atoms with van der Waals surface area (Å²) in [6.45, 7) is 3.23. The second-order valence-corrected chi connectivity index (χ2v) is 8.86. The van der Waals surface area contributed by atoms with E-state index in [4.69, 9.17) is 0 Å². The van der Waals surface area contributed by atoms with E-state index in [1.165, 1.54) is 30.4 Å². The van der Waals surface area contributed by atoms with E-state index in [1.807, 2.05) is 6.92 Å². The summed E-state index contributed by atoms with van der Waals surface area (Å²) in [7, 11) is -3.73. The van der Waals surface area contributed by atoms with Crippen LogP contribution in [0, 0.1) is 12.8 Å². The van der Waals surface area contributed by atoms with E-state index in [0.29, 0.717) is 5.13 Å². The number of nitrogens with one attached hydrogen (secondary N) is 1. The maximum absolute atomic E-state index is 12.6. The first-order valence-electron chi connectivity index (χ1n) is 6.93. The predicted octanol–water partition coefficient (Wildman–Crippen LogP) is 2.06. The molecule has 3 rings (SSSR count). The fraction of sp³-hybridized carbons (Fsp3) is 0.267. The first kappa shape index (κ1) is 15.8. The summed E-state index contributed by atoms with van der Waals surface area (Å²) >= 11 is 1.26. The van der Waals surface area contributed by atoms with Crippen LogP contribution in [0.2, 0.25) is 0 Å². The smallest absolute Gasteiger partial charge is 0.238 e.